The molecule has 8 heteroatoms. The molecular weight excluding hydrogens is 320 g/mol. The number of rotatable bonds is 5. The summed E-state index contributed by atoms with van der Waals surface area (Å²) in [6.07, 6.45) is 4.05. The molecule has 1 aliphatic rings. The first-order valence-electron chi connectivity index (χ1n) is 8.50. The van der Waals surface area contributed by atoms with Crippen LogP contribution in [0.4, 0.5) is 0 Å². The van der Waals surface area contributed by atoms with Gasteiger partial charge in [-0.2, -0.15) is 5.10 Å². The molecule has 0 aliphatic carbocycles. The Morgan fingerprint density at radius 1 is 1.32 bits per heavy atom. The summed E-state index contributed by atoms with van der Waals surface area (Å²) in [4.78, 5) is 12.3. The fourth-order valence-electron chi connectivity index (χ4n) is 3.26. The Morgan fingerprint density at radius 3 is 3.12 bits per heavy atom. The van der Waals surface area contributed by atoms with Crippen molar-refractivity contribution in [1.82, 2.24) is 30.7 Å². The Morgan fingerprint density at radius 2 is 2.24 bits per heavy atom. The second-order valence-electron chi connectivity index (χ2n) is 6.32. The Labute approximate surface area is 144 Å². The van der Waals surface area contributed by atoms with Crippen LogP contribution in [0.5, 0.6) is 0 Å². The first-order chi connectivity index (χ1) is 12.3. The molecule has 0 saturated carbocycles. The van der Waals surface area contributed by atoms with E-state index in [-0.39, 0.29) is 12.5 Å². The number of hydrogen-bond acceptors (Lipinski definition) is 6. The first kappa shape index (κ1) is 15.8. The van der Waals surface area contributed by atoms with Gasteiger partial charge in [0.05, 0.1) is 0 Å². The Kier molecular flexibility index (Phi) is 4.43. The number of amides is 1. The van der Waals surface area contributed by atoms with E-state index in [2.05, 4.69) is 30.7 Å². The molecule has 1 saturated heterocycles. The number of benzene rings is 1. The van der Waals surface area contributed by atoms with E-state index in [0.717, 1.165) is 37.2 Å². The number of aromatic nitrogens is 4. The molecule has 130 valence electrons. The molecule has 1 aliphatic heterocycles. The summed E-state index contributed by atoms with van der Waals surface area (Å²) >= 11 is 0. The lowest BCUT2D eigenvalue weighted by Gasteiger charge is -2.23. The molecule has 0 bridgehead atoms. The highest BCUT2D eigenvalue weighted by molar-refractivity contribution is 5.76. The molecule has 1 fully saturated rings. The number of nitrogens with zero attached hydrogens (tertiary/aromatic N) is 4. The van der Waals surface area contributed by atoms with Gasteiger partial charge < -0.3 is 10.6 Å². The van der Waals surface area contributed by atoms with E-state index in [1.54, 1.807) is 10.9 Å². The zero-order valence-electron chi connectivity index (χ0n) is 13.8. The molecule has 2 N–H and O–H groups in total. The van der Waals surface area contributed by atoms with Crippen molar-refractivity contribution in [2.24, 2.45) is 0 Å². The molecular formula is C17H20N6O2. The van der Waals surface area contributed by atoms with E-state index in [4.69, 9.17) is 0 Å². The van der Waals surface area contributed by atoms with Gasteiger partial charge in [0.1, 0.15) is 17.6 Å². The standard InChI is InChI=1S/C17H20N6O2/c24-17(19-9-12-3-4-14-15(8-12)22-25-21-14)11-23-16(5-7-20-23)13-2-1-6-18-10-13/h3-5,7-8,13,18H,1-2,6,9-11H2,(H,19,24). The number of piperidine rings is 1. The van der Waals surface area contributed by atoms with Crippen LogP contribution in [0.1, 0.15) is 30.0 Å². The third-order valence-corrected chi connectivity index (χ3v) is 4.57. The van der Waals surface area contributed by atoms with Crippen molar-refractivity contribution in [1.29, 1.82) is 0 Å². The van der Waals surface area contributed by atoms with Crippen LogP contribution in [0.3, 0.4) is 0 Å². The van der Waals surface area contributed by atoms with Crippen molar-refractivity contribution in [3.8, 4) is 0 Å². The van der Waals surface area contributed by atoms with Crippen LogP contribution in [0.2, 0.25) is 0 Å². The lowest BCUT2D eigenvalue weighted by atomic mass is 9.96. The molecule has 2 aromatic heterocycles. The van der Waals surface area contributed by atoms with E-state index >= 15 is 0 Å². The molecule has 1 atom stereocenters. The fraction of sp³-hybridized carbons (Fsp3) is 0.412. The quantitative estimate of drug-likeness (QED) is 0.724. The van der Waals surface area contributed by atoms with Crippen molar-refractivity contribution < 1.29 is 9.42 Å². The minimum Gasteiger partial charge on any atom is -0.350 e. The second kappa shape index (κ2) is 7.02. The van der Waals surface area contributed by atoms with Gasteiger partial charge in [-0.1, -0.05) is 6.07 Å². The highest BCUT2D eigenvalue weighted by Crippen LogP contribution is 2.22. The summed E-state index contributed by atoms with van der Waals surface area (Å²) in [5.41, 5.74) is 3.47. The van der Waals surface area contributed by atoms with Gasteiger partial charge in [0.2, 0.25) is 5.91 Å². The van der Waals surface area contributed by atoms with E-state index in [1.165, 1.54) is 0 Å². The summed E-state index contributed by atoms with van der Waals surface area (Å²) in [6.45, 7) is 2.67. The number of carbonyl (C=O) groups excluding carboxylic acids is 1. The molecule has 1 amide bonds. The van der Waals surface area contributed by atoms with Gasteiger partial charge in [0.25, 0.3) is 0 Å². The zero-order valence-corrected chi connectivity index (χ0v) is 13.8. The molecule has 1 unspecified atom stereocenters. The zero-order chi connectivity index (χ0) is 17.1. The van der Waals surface area contributed by atoms with Crippen LogP contribution >= 0.6 is 0 Å². The highest BCUT2D eigenvalue weighted by Gasteiger charge is 2.19. The van der Waals surface area contributed by atoms with Crippen molar-refractivity contribution in [2.45, 2.75) is 31.8 Å². The predicted molar refractivity (Wildman–Crippen MR) is 90.7 cm³/mol. The summed E-state index contributed by atoms with van der Waals surface area (Å²) < 4.78 is 6.49. The number of nitrogens with one attached hydrogen (secondary N) is 2. The van der Waals surface area contributed by atoms with Gasteiger partial charge in [-0.15, -0.1) is 0 Å². The van der Waals surface area contributed by atoms with E-state index < -0.39 is 0 Å². The van der Waals surface area contributed by atoms with Gasteiger partial charge in [-0.3, -0.25) is 9.48 Å². The normalized spacial score (nSPS) is 17.7. The maximum absolute atomic E-state index is 12.3. The molecule has 25 heavy (non-hydrogen) atoms. The van der Waals surface area contributed by atoms with Crippen LogP contribution in [0, 0.1) is 0 Å². The number of carbonyl (C=O) groups is 1. The lowest BCUT2D eigenvalue weighted by molar-refractivity contribution is -0.122. The Balaban J connectivity index is 1.36. The van der Waals surface area contributed by atoms with Crippen LogP contribution in [0.25, 0.3) is 11.0 Å². The van der Waals surface area contributed by atoms with Crippen LogP contribution in [0.15, 0.2) is 35.1 Å². The topological polar surface area (TPSA) is 97.9 Å². The monoisotopic (exact) mass is 340 g/mol. The predicted octanol–water partition coefficient (Wildman–Crippen LogP) is 1.20. The van der Waals surface area contributed by atoms with Gasteiger partial charge >= 0.3 is 0 Å². The number of fused-ring (bicyclic) bond motifs is 1. The average molecular weight is 340 g/mol. The third-order valence-electron chi connectivity index (χ3n) is 4.57. The van der Waals surface area contributed by atoms with Crippen molar-refractivity contribution in [2.75, 3.05) is 13.1 Å². The Bertz CT molecular complexity index is 865. The maximum atomic E-state index is 12.3. The van der Waals surface area contributed by atoms with Gasteiger partial charge in [-0.25, -0.2) is 4.63 Å². The third kappa shape index (κ3) is 3.53. The van der Waals surface area contributed by atoms with Gasteiger partial charge in [0.15, 0.2) is 0 Å². The van der Waals surface area contributed by atoms with Crippen LogP contribution in [-0.4, -0.2) is 39.1 Å². The lowest BCUT2D eigenvalue weighted by Crippen LogP contribution is -2.32. The molecule has 3 heterocycles. The molecule has 0 spiro atoms. The van der Waals surface area contributed by atoms with Gasteiger partial charge in [0, 0.05) is 30.9 Å². The van der Waals surface area contributed by atoms with E-state index in [0.29, 0.717) is 23.5 Å². The molecule has 1 aromatic carbocycles. The van der Waals surface area contributed by atoms with Crippen LogP contribution in [-0.2, 0) is 17.9 Å². The summed E-state index contributed by atoms with van der Waals surface area (Å²) in [6, 6.07) is 7.60. The summed E-state index contributed by atoms with van der Waals surface area (Å²) in [7, 11) is 0. The molecule has 0 radical (unpaired) electrons. The summed E-state index contributed by atoms with van der Waals surface area (Å²) in [5.74, 6) is 0.359. The largest absolute Gasteiger partial charge is 0.350 e. The highest BCUT2D eigenvalue weighted by atomic mass is 16.6. The van der Waals surface area contributed by atoms with E-state index in [1.807, 2.05) is 24.3 Å². The minimum atomic E-state index is -0.0629. The average Bonchev–Trinajstić information content (AvgIpc) is 3.29. The molecule has 8 nitrogen and oxygen atoms in total. The SMILES string of the molecule is O=C(Cn1nccc1C1CCCNC1)NCc1ccc2nonc2c1. The van der Waals surface area contributed by atoms with Gasteiger partial charge in [-0.05, 0) is 53.5 Å². The minimum absolute atomic E-state index is 0.0629. The van der Waals surface area contributed by atoms with Crippen molar-refractivity contribution in [3.05, 3.63) is 41.7 Å². The first-order valence-corrected chi connectivity index (χ1v) is 8.50. The molecule has 3 aromatic rings. The van der Waals surface area contributed by atoms with Crippen molar-refractivity contribution >= 4 is 16.9 Å². The fourth-order valence-corrected chi connectivity index (χ4v) is 3.26. The smallest absolute Gasteiger partial charge is 0.242 e. The van der Waals surface area contributed by atoms with E-state index in [9.17, 15) is 4.79 Å². The molecule has 4 rings (SSSR count). The van der Waals surface area contributed by atoms with Crippen molar-refractivity contribution in [3.63, 3.8) is 0 Å². The van der Waals surface area contributed by atoms with Crippen LogP contribution < -0.4 is 10.6 Å². The number of hydrogen-bond donors (Lipinski definition) is 2. The maximum Gasteiger partial charge on any atom is 0.242 e. The Hall–Kier alpha value is -2.74. The summed E-state index contributed by atoms with van der Waals surface area (Å²) in [5, 5.41) is 18.2. The second-order valence-corrected chi connectivity index (χ2v) is 6.32.